The van der Waals surface area contributed by atoms with Crippen molar-refractivity contribution in [1.82, 2.24) is 9.55 Å². The molecule has 17 heavy (non-hydrogen) atoms. The van der Waals surface area contributed by atoms with E-state index in [-0.39, 0.29) is 0 Å². The Morgan fingerprint density at radius 2 is 1.94 bits per heavy atom. The molecule has 0 amide bonds. The average Bonchev–Trinajstić information content (AvgIpc) is 3.00. The van der Waals surface area contributed by atoms with E-state index in [4.69, 9.17) is 5.73 Å². The minimum atomic E-state index is 0.601. The topological polar surface area (TPSA) is 43.8 Å². The number of nitrogens with two attached hydrogens (primary N) is 1. The number of imidazole rings is 1. The summed E-state index contributed by atoms with van der Waals surface area (Å²) in [5.41, 5.74) is 7.89. The first-order valence-corrected chi connectivity index (χ1v) is 6.24. The quantitative estimate of drug-likeness (QED) is 0.801. The zero-order valence-corrected chi connectivity index (χ0v) is 9.84. The Labute approximate surface area is 101 Å². The van der Waals surface area contributed by atoms with E-state index in [1.165, 1.54) is 31.5 Å². The van der Waals surface area contributed by atoms with Crippen LogP contribution < -0.4 is 5.73 Å². The van der Waals surface area contributed by atoms with Crippen molar-refractivity contribution in [3.05, 3.63) is 42.5 Å². The molecule has 88 valence electrons. The van der Waals surface area contributed by atoms with Crippen molar-refractivity contribution in [2.45, 2.75) is 31.6 Å². The number of anilines is 1. The van der Waals surface area contributed by atoms with Gasteiger partial charge in [-0.25, -0.2) is 4.98 Å². The molecule has 1 fully saturated rings. The number of rotatable bonds is 2. The Kier molecular flexibility index (Phi) is 2.59. The van der Waals surface area contributed by atoms with Gasteiger partial charge in [-0.2, -0.15) is 0 Å². The van der Waals surface area contributed by atoms with E-state index in [0.29, 0.717) is 5.92 Å². The fraction of sp³-hybridized carbons (Fsp3) is 0.357. The SMILES string of the molecule is Nc1ccccc1-n1ccnc1C1CCCC1. The summed E-state index contributed by atoms with van der Waals surface area (Å²) in [6.07, 6.45) is 9.04. The maximum Gasteiger partial charge on any atom is 0.116 e. The van der Waals surface area contributed by atoms with Crippen molar-refractivity contribution < 1.29 is 0 Å². The van der Waals surface area contributed by atoms with Crippen LogP contribution in [0.15, 0.2) is 36.7 Å². The predicted molar refractivity (Wildman–Crippen MR) is 69.2 cm³/mol. The second-order valence-electron chi connectivity index (χ2n) is 4.70. The lowest BCUT2D eigenvalue weighted by Gasteiger charge is -2.14. The fourth-order valence-electron chi connectivity index (χ4n) is 2.71. The first kappa shape index (κ1) is 10.4. The fourth-order valence-corrected chi connectivity index (χ4v) is 2.71. The molecule has 0 atom stereocenters. The molecule has 1 aromatic carbocycles. The van der Waals surface area contributed by atoms with E-state index in [1.54, 1.807) is 0 Å². The van der Waals surface area contributed by atoms with E-state index in [2.05, 4.69) is 15.6 Å². The minimum Gasteiger partial charge on any atom is -0.397 e. The van der Waals surface area contributed by atoms with Gasteiger partial charge in [-0.05, 0) is 25.0 Å². The molecule has 2 aromatic rings. The lowest BCUT2D eigenvalue weighted by molar-refractivity contribution is 0.655. The van der Waals surface area contributed by atoms with Crippen LogP contribution >= 0.6 is 0 Å². The van der Waals surface area contributed by atoms with Gasteiger partial charge in [0.1, 0.15) is 5.82 Å². The van der Waals surface area contributed by atoms with Gasteiger partial charge in [0.2, 0.25) is 0 Å². The van der Waals surface area contributed by atoms with Gasteiger partial charge in [0.05, 0.1) is 11.4 Å². The molecule has 1 aliphatic rings. The number of benzene rings is 1. The molecule has 0 bridgehead atoms. The van der Waals surface area contributed by atoms with Gasteiger partial charge in [-0.1, -0.05) is 25.0 Å². The monoisotopic (exact) mass is 227 g/mol. The van der Waals surface area contributed by atoms with Gasteiger partial charge in [0.25, 0.3) is 0 Å². The normalized spacial score (nSPS) is 16.5. The van der Waals surface area contributed by atoms with Gasteiger partial charge >= 0.3 is 0 Å². The zero-order chi connectivity index (χ0) is 11.7. The molecule has 1 aromatic heterocycles. The maximum atomic E-state index is 6.03. The lowest BCUT2D eigenvalue weighted by Crippen LogP contribution is -2.06. The smallest absolute Gasteiger partial charge is 0.116 e. The number of hydrogen-bond acceptors (Lipinski definition) is 2. The van der Waals surface area contributed by atoms with Crippen LogP contribution in [0.1, 0.15) is 37.4 Å². The van der Waals surface area contributed by atoms with E-state index in [0.717, 1.165) is 11.4 Å². The number of aromatic nitrogens is 2. The molecule has 0 saturated heterocycles. The van der Waals surface area contributed by atoms with Crippen molar-refractivity contribution in [3.8, 4) is 5.69 Å². The van der Waals surface area contributed by atoms with Crippen molar-refractivity contribution in [2.24, 2.45) is 0 Å². The Bertz CT molecular complexity index is 510. The highest BCUT2D eigenvalue weighted by molar-refractivity contribution is 5.57. The zero-order valence-electron chi connectivity index (χ0n) is 9.84. The van der Waals surface area contributed by atoms with E-state index in [9.17, 15) is 0 Å². The summed E-state index contributed by atoms with van der Waals surface area (Å²) < 4.78 is 2.14. The second-order valence-corrected chi connectivity index (χ2v) is 4.70. The highest BCUT2D eigenvalue weighted by atomic mass is 15.1. The molecule has 0 unspecified atom stereocenters. The number of nitrogens with zero attached hydrogens (tertiary/aromatic N) is 2. The van der Waals surface area contributed by atoms with Crippen LogP contribution in [0, 0.1) is 0 Å². The number of hydrogen-bond donors (Lipinski definition) is 1. The van der Waals surface area contributed by atoms with Crippen LogP contribution in [0.2, 0.25) is 0 Å². The molecule has 2 N–H and O–H groups in total. The Morgan fingerprint density at radius 1 is 1.18 bits per heavy atom. The number of para-hydroxylation sites is 2. The van der Waals surface area contributed by atoms with Crippen molar-refractivity contribution in [3.63, 3.8) is 0 Å². The summed E-state index contributed by atoms with van der Waals surface area (Å²) in [5.74, 6) is 1.77. The highest BCUT2D eigenvalue weighted by Gasteiger charge is 2.22. The molecular weight excluding hydrogens is 210 g/mol. The third-order valence-electron chi connectivity index (χ3n) is 3.59. The maximum absolute atomic E-state index is 6.03. The minimum absolute atomic E-state index is 0.601. The van der Waals surface area contributed by atoms with Gasteiger partial charge in [-0.15, -0.1) is 0 Å². The van der Waals surface area contributed by atoms with Gasteiger partial charge in [0.15, 0.2) is 0 Å². The van der Waals surface area contributed by atoms with Crippen LogP contribution in [0.25, 0.3) is 5.69 Å². The Hall–Kier alpha value is -1.77. The standard InChI is InChI=1S/C14H17N3/c15-12-7-3-4-8-13(12)17-10-9-16-14(17)11-5-1-2-6-11/h3-4,7-11H,1-2,5-6,15H2. The molecule has 3 nitrogen and oxygen atoms in total. The van der Waals surface area contributed by atoms with Crippen molar-refractivity contribution in [2.75, 3.05) is 5.73 Å². The van der Waals surface area contributed by atoms with E-state index < -0.39 is 0 Å². The molecule has 1 aliphatic carbocycles. The molecular formula is C14H17N3. The van der Waals surface area contributed by atoms with E-state index >= 15 is 0 Å². The second kappa shape index (κ2) is 4.24. The average molecular weight is 227 g/mol. The van der Waals surface area contributed by atoms with Crippen molar-refractivity contribution >= 4 is 5.69 Å². The molecule has 1 saturated carbocycles. The van der Waals surface area contributed by atoms with Gasteiger partial charge in [0, 0.05) is 18.3 Å². The number of nitrogen functional groups attached to an aromatic ring is 1. The highest BCUT2D eigenvalue weighted by Crippen LogP contribution is 2.34. The summed E-state index contributed by atoms with van der Waals surface area (Å²) in [7, 11) is 0. The van der Waals surface area contributed by atoms with Crippen LogP contribution in [-0.4, -0.2) is 9.55 Å². The van der Waals surface area contributed by atoms with Crippen LogP contribution in [-0.2, 0) is 0 Å². The molecule has 3 rings (SSSR count). The molecule has 0 aliphatic heterocycles. The van der Waals surface area contributed by atoms with Crippen LogP contribution in [0.4, 0.5) is 5.69 Å². The summed E-state index contributed by atoms with van der Waals surface area (Å²) >= 11 is 0. The third-order valence-corrected chi connectivity index (χ3v) is 3.59. The Morgan fingerprint density at radius 3 is 2.71 bits per heavy atom. The largest absolute Gasteiger partial charge is 0.397 e. The lowest BCUT2D eigenvalue weighted by atomic mass is 10.1. The van der Waals surface area contributed by atoms with Gasteiger partial charge < -0.3 is 10.3 Å². The Balaban J connectivity index is 2.04. The van der Waals surface area contributed by atoms with Gasteiger partial charge in [-0.3, -0.25) is 0 Å². The first-order valence-electron chi connectivity index (χ1n) is 6.24. The molecule has 1 heterocycles. The summed E-state index contributed by atoms with van der Waals surface area (Å²) in [6, 6.07) is 7.97. The molecule has 3 heteroatoms. The molecule has 0 spiro atoms. The summed E-state index contributed by atoms with van der Waals surface area (Å²) in [5, 5.41) is 0. The van der Waals surface area contributed by atoms with E-state index in [1.807, 2.05) is 30.6 Å². The molecule has 0 radical (unpaired) electrons. The summed E-state index contributed by atoms with van der Waals surface area (Å²) in [6.45, 7) is 0. The van der Waals surface area contributed by atoms with Crippen LogP contribution in [0.3, 0.4) is 0 Å². The summed E-state index contributed by atoms with van der Waals surface area (Å²) in [4.78, 5) is 4.52. The predicted octanol–water partition coefficient (Wildman–Crippen LogP) is 3.11. The third kappa shape index (κ3) is 1.82. The first-order chi connectivity index (χ1) is 8.36. The van der Waals surface area contributed by atoms with Crippen molar-refractivity contribution in [1.29, 1.82) is 0 Å². The van der Waals surface area contributed by atoms with Crippen LogP contribution in [0.5, 0.6) is 0 Å².